The number of hydrogen-bond donors (Lipinski definition) is 1. The molecule has 1 N–H and O–H groups in total. The molecule has 3 fully saturated rings. The fourth-order valence-electron chi connectivity index (χ4n) is 5.22. The Morgan fingerprint density at radius 3 is 2.30 bits per heavy atom. The molecule has 5 rings (SSSR count). The third-order valence-corrected chi connectivity index (χ3v) is 6.48. The first-order chi connectivity index (χ1) is 12.8. The Kier molecular flexibility index (Phi) is 2.89. The summed E-state index contributed by atoms with van der Waals surface area (Å²) in [5.41, 5.74) is 1.24. The maximum Gasteiger partial charge on any atom is 0.301 e. The average molecular weight is 370 g/mol. The molecule has 27 heavy (non-hydrogen) atoms. The molecule has 2 saturated carbocycles. The van der Waals surface area contributed by atoms with E-state index < -0.39 is 39.0 Å². The van der Waals surface area contributed by atoms with Crippen LogP contribution in [0.1, 0.15) is 12.8 Å². The number of anilines is 1. The van der Waals surface area contributed by atoms with Gasteiger partial charge in [0, 0.05) is 6.07 Å². The van der Waals surface area contributed by atoms with E-state index in [2.05, 4.69) is 5.43 Å². The number of hydrazine groups is 1. The van der Waals surface area contributed by atoms with Crippen LogP contribution in [0.3, 0.4) is 0 Å². The summed E-state index contributed by atoms with van der Waals surface area (Å²) in [5, 5.41) is 23.2. The van der Waals surface area contributed by atoms with Gasteiger partial charge in [-0.2, -0.15) is 0 Å². The number of nitrogens with zero attached hydrogens (tertiary/aromatic N) is 3. The predicted molar refractivity (Wildman–Crippen MR) is 90.1 cm³/mol. The van der Waals surface area contributed by atoms with Crippen molar-refractivity contribution in [2.75, 3.05) is 5.01 Å². The number of nitrogens with one attached hydrogen (secondary N) is 1. The number of amides is 2. The Morgan fingerprint density at radius 1 is 1.04 bits per heavy atom. The Labute approximate surface area is 152 Å². The van der Waals surface area contributed by atoms with Crippen molar-refractivity contribution in [1.29, 1.82) is 0 Å². The van der Waals surface area contributed by atoms with Gasteiger partial charge in [-0.05, 0) is 36.2 Å². The average Bonchev–Trinajstić information content (AvgIpc) is 3.30. The number of nitro benzene ring substituents is 2. The van der Waals surface area contributed by atoms with E-state index in [4.69, 9.17) is 0 Å². The van der Waals surface area contributed by atoms with Gasteiger partial charge in [-0.3, -0.25) is 35.2 Å². The second kappa shape index (κ2) is 4.90. The first-order valence-electron chi connectivity index (χ1n) is 8.61. The normalized spacial score (nSPS) is 31.8. The van der Waals surface area contributed by atoms with Crippen molar-refractivity contribution in [2.24, 2.45) is 29.1 Å². The zero-order chi connectivity index (χ0) is 19.1. The second-order valence-corrected chi connectivity index (χ2v) is 7.56. The van der Waals surface area contributed by atoms with Crippen LogP contribution in [0.2, 0.25) is 0 Å². The summed E-state index contributed by atoms with van der Waals surface area (Å²) in [5.74, 6) is -1.75. The fraction of sp³-hybridized carbons (Fsp3) is 0.412. The molecule has 0 unspecified atom stereocenters. The van der Waals surface area contributed by atoms with Crippen LogP contribution in [0.5, 0.6) is 0 Å². The molecule has 3 aliphatic carbocycles. The Balaban J connectivity index is 1.57. The van der Waals surface area contributed by atoms with Crippen molar-refractivity contribution in [3.8, 4) is 0 Å². The third kappa shape index (κ3) is 1.89. The van der Waals surface area contributed by atoms with Crippen molar-refractivity contribution in [3.63, 3.8) is 0 Å². The van der Waals surface area contributed by atoms with Crippen LogP contribution in [-0.2, 0) is 9.59 Å². The number of benzene rings is 1. The predicted octanol–water partition coefficient (Wildman–Crippen LogP) is 1.71. The summed E-state index contributed by atoms with van der Waals surface area (Å²) in [6, 6.07) is 3.01. The molecular formula is C17H14N4O6. The quantitative estimate of drug-likeness (QED) is 0.489. The van der Waals surface area contributed by atoms with Gasteiger partial charge in [0.2, 0.25) is 5.91 Å². The van der Waals surface area contributed by atoms with Gasteiger partial charge in [-0.1, -0.05) is 12.2 Å². The van der Waals surface area contributed by atoms with Crippen molar-refractivity contribution in [3.05, 3.63) is 50.6 Å². The summed E-state index contributed by atoms with van der Waals surface area (Å²) in [7, 11) is 0. The van der Waals surface area contributed by atoms with E-state index in [0.717, 1.165) is 36.0 Å². The lowest BCUT2D eigenvalue weighted by atomic mass is 9.80. The molecule has 1 heterocycles. The summed E-state index contributed by atoms with van der Waals surface area (Å²) in [6.45, 7) is 0. The van der Waals surface area contributed by atoms with Gasteiger partial charge in [0.1, 0.15) is 5.69 Å². The molecule has 4 aliphatic rings. The topological polar surface area (TPSA) is 136 Å². The molecule has 1 aliphatic heterocycles. The molecule has 1 aromatic rings. The minimum absolute atomic E-state index is 0.0141. The molecule has 1 spiro atoms. The summed E-state index contributed by atoms with van der Waals surface area (Å²) >= 11 is 0. The van der Waals surface area contributed by atoms with Gasteiger partial charge in [-0.15, -0.1) is 0 Å². The van der Waals surface area contributed by atoms with Crippen LogP contribution >= 0.6 is 0 Å². The molecule has 1 aromatic carbocycles. The molecule has 2 bridgehead atoms. The molecule has 10 nitrogen and oxygen atoms in total. The number of fused-ring (bicyclic) bond motifs is 3. The Bertz CT molecular complexity index is 968. The highest BCUT2D eigenvalue weighted by Gasteiger charge is 2.71. The highest BCUT2D eigenvalue weighted by Crippen LogP contribution is 2.72. The van der Waals surface area contributed by atoms with E-state index in [1.54, 1.807) is 0 Å². The number of carbonyl (C=O) groups excluding carboxylic acids is 2. The van der Waals surface area contributed by atoms with Gasteiger partial charge in [-0.25, -0.2) is 5.01 Å². The fourth-order valence-corrected chi connectivity index (χ4v) is 5.22. The maximum atomic E-state index is 13.2. The van der Waals surface area contributed by atoms with Crippen LogP contribution in [0.25, 0.3) is 0 Å². The van der Waals surface area contributed by atoms with Gasteiger partial charge in [0.15, 0.2) is 0 Å². The number of allylic oxidation sites excluding steroid dienone is 2. The number of non-ortho nitro benzene ring substituents is 1. The molecule has 10 heteroatoms. The molecule has 1 saturated heterocycles. The number of hydrogen-bond acceptors (Lipinski definition) is 6. The molecule has 4 atom stereocenters. The lowest BCUT2D eigenvalue weighted by Gasteiger charge is -2.37. The zero-order valence-electron chi connectivity index (χ0n) is 13.9. The van der Waals surface area contributed by atoms with E-state index in [1.807, 2.05) is 12.2 Å². The molecular weight excluding hydrogens is 356 g/mol. The zero-order valence-corrected chi connectivity index (χ0v) is 13.9. The van der Waals surface area contributed by atoms with Crippen LogP contribution in [0, 0.1) is 49.3 Å². The summed E-state index contributed by atoms with van der Waals surface area (Å²) in [6.07, 6.45) is 5.97. The first kappa shape index (κ1) is 15.9. The minimum Gasteiger partial charge on any atom is -0.273 e. The third-order valence-electron chi connectivity index (χ3n) is 6.48. The van der Waals surface area contributed by atoms with Crippen molar-refractivity contribution in [2.45, 2.75) is 12.8 Å². The highest BCUT2D eigenvalue weighted by atomic mass is 16.6. The second-order valence-electron chi connectivity index (χ2n) is 7.56. The Hall–Kier alpha value is -3.30. The van der Waals surface area contributed by atoms with Crippen molar-refractivity contribution in [1.82, 2.24) is 5.43 Å². The highest BCUT2D eigenvalue weighted by molar-refractivity contribution is 6.06. The van der Waals surface area contributed by atoms with E-state index in [1.165, 1.54) is 0 Å². The van der Waals surface area contributed by atoms with Gasteiger partial charge in [0.25, 0.3) is 11.6 Å². The first-order valence-corrected chi connectivity index (χ1v) is 8.61. The maximum absolute atomic E-state index is 13.2. The van der Waals surface area contributed by atoms with E-state index in [9.17, 15) is 29.8 Å². The number of carbonyl (C=O) groups is 2. The van der Waals surface area contributed by atoms with Crippen LogP contribution < -0.4 is 10.4 Å². The Morgan fingerprint density at radius 2 is 1.70 bits per heavy atom. The SMILES string of the molecule is O=C1NN(c2ccc([N+](=O)[O-])cc2[N+](=O)[O-])C(=O)[C@H]2[C@@H]1[C@H]1C=C[C@@H]2C12CC2. The van der Waals surface area contributed by atoms with Crippen molar-refractivity contribution < 1.29 is 19.4 Å². The summed E-state index contributed by atoms with van der Waals surface area (Å²) in [4.78, 5) is 46.7. The van der Waals surface area contributed by atoms with E-state index in [0.29, 0.717) is 0 Å². The smallest absolute Gasteiger partial charge is 0.273 e. The molecule has 0 aromatic heterocycles. The monoisotopic (exact) mass is 370 g/mol. The molecule has 2 amide bonds. The van der Waals surface area contributed by atoms with E-state index >= 15 is 0 Å². The number of rotatable bonds is 3. The largest absolute Gasteiger partial charge is 0.301 e. The number of nitro groups is 2. The van der Waals surface area contributed by atoms with Gasteiger partial charge >= 0.3 is 5.69 Å². The summed E-state index contributed by atoms with van der Waals surface area (Å²) < 4.78 is 0. The lowest BCUT2D eigenvalue weighted by molar-refractivity contribution is -0.393. The van der Waals surface area contributed by atoms with Crippen molar-refractivity contribution >= 4 is 28.9 Å². The minimum atomic E-state index is -0.795. The van der Waals surface area contributed by atoms with E-state index in [-0.39, 0.29) is 28.8 Å². The van der Waals surface area contributed by atoms with Crippen LogP contribution in [0.4, 0.5) is 17.1 Å². The molecule has 0 radical (unpaired) electrons. The molecule has 138 valence electrons. The van der Waals surface area contributed by atoms with Crippen LogP contribution in [-0.4, -0.2) is 21.7 Å². The lowest BCUT2D eigenvalue weighted by Crippen LogP contribution is -2.60. The van der Waals surface area contributed by atoms with Gasteiger partial charge in [0.05, 0.1) is 27.7 Å². The van der Waals surface area contributed by atoms with Crippen LogP contribution in [0.15, 0.2) is 30.4 Å². The standard InChI is InChI=1S/C17H14N4O6/c22-15-13-9-2-3-10(17(9)5-6-17)14(13)16(23)19(18-15)11-4-1-8(20(24)25)7-12(11)21(26)27/h1-4,7,9-10,13-14H,5-6H2,(H,18,22)/t9-,10+,13+,14-/m1/s1. The van der Waals surface area contributed by atoms with Gasteiger partial charge < -0.3 is 0 Å².